The van der Waals surface area contributed by atoms with Crippen molar-refractivity contribution in [3.05, 3.63) is 51.7 Å². The van der Waals surface area contributed by atoms with Gasteiger partial charge in [0.15, 0.2) is 0 Å². The van der Waals surface area contributed by atoms with Crippen LogP contribution in [0, 0.1) is 6.92 Å². The van der Waals surface area contributed by atoms with Gasteiger partial charge in [0.05, 0.1) is 12.2 Å². The molecule has 0 aliphatic rings. The van der Waals surface area contributed by atoms with Crippen LogP contribution in [0.3, 0.4) is 0 Å². The van der Waals surface area contributed by atoms with Crippen molar-refractivity contribution in [3.63, 3.8) is 0 Å². The van der Waals surface area contributed by atoms with E-state index >= 15 is 0 Å². The first-order valence-corrected chi connectivity index (χ1v) is 9.17. The highest BCUT2D eigenvalue weighted by Gasteiger charge is 2.12. The summed E-state index contributed by atoms with van der Waals surface area (Å²) in [5.41, 5.74) is 1.77. The summed E-state index contributed by atoms with van der Waals surface area (Å²) in [5.74, 6) is 0.267. The zero-order valence-electron chi connectivity index (χ0n) is 14.9. The third kappa shape index (κ3) is 6.16. The minimum Gasteiger partial charge on any atom is -0.491 e. The van der Waals surface area contributed by atoms with Gasteiger partial charge in [-0.1, -0.05) is 0 Å². The molecule has 0 bridgehead atoms. The van der Waals surface area contributed by atoms with Crippen LogP contribution in [0.15, 0.2) is 35.7 Å². The summed E-state index contributed by atoms with van der Waals surface area (Å²) in [5, 5.41) is 12.2. The van der Waals surface area contributed by atoms with Crippen LogP contribution in [0.5, 0.6) is 5.75 Å². The molecule has 5 nitrogen and oxygen atoms in total. The van der Waals surface area contributed by atoms with E-state index in [-0.39, 0.29) is 12.6 Å². The molecule has 136 valence electrons. The molecule has 1 unspecified atom stereocenters. The Morgan fingerprint density at radius 1 is 1.28 bits per heavy atom. The monoisotopic (exact) mass is 363 g/mol. The third-order valence-corrected chi connectivity index (χ3v) is 4.72. The van der Waals surface area contributed by atoms with Gasteiger partial charge in [-0.15, -0.1) is 11.3 Å². The van der Waals surface area contributed by atoms with Crippen LogP contribution in [0.25, 0.3) is 0 Å². The highest BCUT2D eigenvalue weighted by atomic mass is 32.1. The summed E-state index contributed by atoms with van der Waals surface area (Å²) in [6.45, 7) is 5.76. The smallest absolute Gasteiger partial charge is 0.338 e. The van der Waals surface area contributed by atoms with Crippen molar-refractivity contribution in [2.45, 2.75) is 26.5 Å². The summed E-state index contributed by atoms with van der Waals surface area (Å²) < 4.78 is 10.5. The van der Waals surface area contributed by atoms with Crippen molar-refractivity contribution in [1.29, 1.82) is 0 Å². The molecular weight excluding hydrogens is 338 g/mol. The van der Waals surface area contributed by atoms with Crippen LogP contribution in [0.4, 0.5) is 0 Å². The number of nitrogens with zero attached hydrogens (tertiary/aromatic N) is 1. The largest absolute Gasteiger partial charge is 0.491 e. The number of carbonyl (C=O) groups excluding carboxylic acids is 1. The fraction of sp³-hybridized carbons (Fsp3) is 0.421. The Balaban J connectivity index is 1.76. The molecule has 0 radical (unpaired) electrons. The summed E-state index contributed by atoms with van der Waals surface area (Å²) in [4.78, 5) is 15.0. The molecule has 0 saturated heterocycles. The molecule has 2 aromatic rings. The van der Waals surface area contributed by atoms with E-state index in [4.69, 9.17) is 9.47 Å². The van der Waals surface area contributed by atoms with Crippen molar-refractivity contribution < 1.29 is 19.4 Å². The van der Waals surface area contributed by atoms with Gasteiger partial charge >= 0.3 is 5.97 Å². The fourth-order valence-electron chi connectivity index (χ4n) is 2.38. The second kappa shape index (κ2) is 9.56. The number of thiophene rings is 1. The van der Waals surface area contributed by atoms with E-state index in [0.29, 0.717) is 24.5 Å². The van der Waals surface area contributed by atoms with Crippen LogP contribution in [-0.4, -0.2) is 48.9 Å². The number of hydrogen-bond donors (Lipinski definition) is 1. The number of carbonyl (C=O) groups is 1. The maximum Gasteiger partial charge on any atom is 0.338 e. The summed E-state index contributed by atoms with van der Waals surface area (Å²) >= 11 is 1.73. The average Bonchev–Trinajstić information content (AvgIpc) is 2.98. The maximum absolute atomic E-state index is 11.6. The molecule has 6 heteroatoms. The number of rotatable bonds is 9. The van der Waals surface area contributed by atoms with Crippen LogP contribution in [-0.2, 0) is 11.3 Å². The van der Waals surface area contributed by atoms with Gasteiger partial charge in [0.2, 0.25) is 0 Å². The van der Waals surface area contributed by atoms with E-state index in [2.05, 4.69) is 23.3 Å². The molecule has 1 aromatic heterocycles. The average molecular weight is 363 g/mol. The standard InChI is InChI=1S/C19H25NO4S/c1-4-23-19(22)15-5-7-17(8-6-15)24-13-16(21)11-20(3)12-18-14(2)9-10-25-18/h5-10,16,21H,4,11-13H2,1-3H3. The number of hydrogen-bond acceptors (Lipinski definition) is 6. The van der Waals surface area contributed by atoms with Crippen molar-refractivity contribution in [2.24, 2.45) is 0 Å². The van der Waals surface area contributed by atoms with Crippen LogP contribution < -0.4 is 4.74 Å². The normalized spacial score (nSPS) is 12.2. The quantitative estimate of drug-likeness (QED) is 0.694. The predicted molar refractivity (Wildman–Crippen MR) is 99.3 cm³/mol. The van der Waals surface area contributed by atoms with Crippen molar-refractivity contribution in [3.8, 4) is 5.75 Å². The molecule has 0 spiro atoms. The molecular formula is C19H25NO4S. The number of esters is 1. The molecule has 0 amide bonds. The van der Waals surface area contributed by atoms with Gasteiger partial charge in [-0.3, -0.25) is 4.90 Å². The molecule has 0 fully saturated rings. The molecule has 1 atom stereocenters. The molecule has 1 N–H and O–H groups in total. The Morgan fingerprint density at radius 2 is 2.00 bits per heavy atom. The van der Waals surface area contributed by atoms with E-state index in [9.17, 15) is 9.90 Å². The topological polar surface area (TPSA) is 59.0 Å². The lowest BCUT2D eigenvalue weighted by molar-refractivity contribution is 0.0526. The van der Waals surface area contributed by atoms with Gasteiger partial charge in [0, 0.05) is 18.0 Å². The molecule has 0 aliphatic carbocycles. The van der Waals surface area contributed by atoms with Gasteiger partial charge in [0.1, 0.15) is 18.5 Å². The fourth-order valence-corrected chi connectivity index (χ4v) is 3.37. The molecule has 1 aromatic carbocycles. The van der Waals surface area contributed by atoms with Gasteiger partial charge in [0.25, 0.3) is 0 Å². The first-order chi connectivity index (χ1) is 12.0. The van der Waals surface area contributed by atoms with Crippen molar-refractivity contribution in [1.82, 2.24) is 4.90 Å². The van der Waals surface area contributed by atoms with E-state index in [0.717, 1.165) is 6.54 Å². The Labute approximate surface area is 152 Å². The number of benzene rings is 1. The first kappa shape index (κ1) is 19.4. The molecule has 0 saturated carbocycles. The highest BCUT2D eigenvalue weighted by Crippen LogP contribution is 2.17. The van der Waals surface area contributed by atoms with Crippen molar-refractivity contribution >= 4 is 17.3 Å². The summed E-state index contributed by atoms with van der Waals surface area (Å²) in [6.07, 6.45) is -0.588. The van der Waals surface area contributed by atoms with Crippen molar-refractivity contribution in [2.75, 3.05) is 26.8 Å². The lowest BCUT2D eigenvalue weighted by Gasteiger charge is -2.20. The van der Waals surface area contributed by atoms with E-state index in [1.54, 1.807) is 42.5 Å². The Hall–Kier alpha value is -1.89. The third-order valence-electron chi connectivity index (χ3n) is 3.71. The zero-order valence-corrected chi connectivity index (χ0v) is 15.7. The Kier molecular flexibility index (Phi) is 7.43. The van der Waals surface area contributed by atoms with E-state index < -0.39 is 6.10 Å². The number of likely N-dealkylation sites (N-methyl/N-ethyl adjacent to an activating group) is 1. The summed E-state index contributed by atoms with van der Waals surface area (Å²) in [7, 11) is 1.98. The molecule has 25 heavy (non-hydrogen) atoms. The highest BCUT2D eigenvalue weighted by molar-refractivity contribution is 7.10. The minimum atomic E-state index is -0.588. The summed E-state index contributed by atoms with van der Waals surface area (Å²) in [6, 6.07) is 8.83. The van der Waals surface area contributed by atoms with Gasteiger partial charge in [-0.2, -0.15) is 0 Å². The van der Waals surface area contributed by atoms with Gasteiger partial charge in [-0.05, 0) is 62.2 Å². The van der Waals surface area contributed by atoms with Crippen LogP contribution in [0.1, 0.15) is 27.7 Å². The molecule has 2 rings (SSSR count). The zero-order chi connectivity index (χ0) is 18.2. The lowest BCUT2D eigenvalue weighted by atomic mass is 10.2. The van der Waals surface area contributed by atoms with E-state index in [1.807, 2.05) is 7.05 Å². The second-order valence-electron chi connectivity index (χ2n) is 5.93. The Morgan fingerprint density at radius 3 is 2.60 bits per heavy atom. The van der Waals surface area contributed by atoms with E-state index in [1.165, 1.54) is 10.4 Å². The van der Waals surface area contributed by atoms with Gasteiger partial charge < -0.3 is 14.6 Å². The SMILES string of the molecule is CCOC(=O)c1ccc(OCC(O)CN(C)Cc2sccc2C)cc1. The second-order valence-corrected chi connectivity index (χ2v) is 6.93. The first-order valence-electron chi connectivity index (χ1n) is 8.29. The molecule has 1 heterocycles. The number of aliphatic hydroxyl groups excluding tert-OH is 1. The number of aliphatic hydroxyl groups is 1. The predicted octanol–water partition coefficient (Wildman–Crippen LogP) is 3.10. The van der Waals surface area contributed by atoms with Gasteiger partial charge in [-0.25, -0.2) is 4.79 Å². The lowest BCUT2D eigenvalue weighted by Crippen LogP contribution is -2.32. The maximum atomic E-state index is 11.6. The number of aryl methyl sites for hydroxylation is 1. The van der Waals surface area contributed by atoms with Crippen LogP contribution >= 0.6 is 11.3 Å². The minimum absolute atomic E-state index is 0.201. The van der Waals surface area contributed by atoms with Crippen LogP contribution in [0.2, 0.25) is 0 Å². The Bertz CT molecular complexity index is 668. The molecule has 0 aliphatic heterocycles. The number of ether oxygens (including phenoxy) is 2.